The molecule has 136 valence electrons. The van der Waals surface area contributed by atoms with Crippen molar-refractivity contribution in [1.82, 2.24) is 29.8 Å². The second-order valence-corrected chi connectivity index (χ2v) is 6.90. The quantitative estimate of drug-likeness (QED) is 0.557. The van der Waals surface area contributed by atoms with E-state index in [1.165, 1.54) is 11.3 Å². The number of para-hydroxylation sites is 2. The second-order valence-electron chi connectivity index (χ2n) is 6.04. The molecule has 0 saturated carbocycles. The summed E-state index contributed by atoms with van der Waals surface area (Å²) in [6.07, 6.45) is 3.76. The average molecular weight is 378 g/mol. The van der Waals surface area contributed by atoms with Crippen LogP contribution in [0.15, 0.2) is 48.1 Å². The van der Waals surface area contributed by atoms with Gasteiger partial charge in [-0.2, -0.15) is 0 Å². The lowest BCUT2D eigenvalue weighted by Gasteiger charge is -2.07. The first-order chi connectivity index (χ1) is 13.2. The normalized spacial score (nSPS) is 11.0. The summed E-state index contributed by atoms with van der Waals surface area (Å²) in [5.74, 6) is 1.50. The predicted octanol–water partition coefficient (Wildman–Crippen LogP) is 2.96. The molecular weight excluding hydrogens is 360 g/mol. The molecule has 1 amide bonds. The first-order valence-corrected chi connectivity index (χ1v) is 9.49. The van der Waals surface area contributed by atoms with Gasteiger partial charge in [0.2, 0.25) is 5.91 Å². The lowest BCUT2D eigenvalue weighted by Crippen LogP contribution is -2.24. The van der Waals surface area contributed by atoms with Crippen molar-refractivity contribution in [1.29, 1.82) is 0 Å². The molecular formula is C19H18N6OS. The van der Waals surface area contributed by atoms with Gasteiger partial charge in [-0.1, -0.05) is 12.1 Å². The van der Waals surface area contributed by atoms with Crippen LogP contribution in [0.25, 0.3) is 21.9 Å². The smallest absolute Gasteiger partial charge is 0.222 e. The topological polar surface area (TPSA) is 85.6 Å². The van der Waals surface area contributed by atoms with Gasteiger partial charge in [0, 0.05) is 30.7 Å². The van der Waals surface area contributed by atoms with Gasteiger partial charge in [-0.15, -0.1) is 11.3 Å². The molecule has 1 N–H and O–H groups in total. The Morgan fingerprint density at radius 2 is 1.96 bits per heavy atom. The number of rotatable bonds is 6. The number of imidazole rings is 1. The maximum Gasteiger partial charge on any atom is 0.222 e. The van der Waals surface area contributed by atoms with Crippen LogP contribution in [0, 0.1) is 6.92 Å². The molecule has 8 heteroatoms. The summed E-state index contributed by atoms with van der Waals surface area (Å²) in [4.78, 5) is 29.6. The van der Waals surface area contributed by atoms with Crippen molar-refractivity contribution < 1.29 is 4.79 Å². The Labute approximate surface area is 160 Å². The van der Waals surface area contributed by atoms with E-state index in [-0.39, 0.29) is 5.91 Å². The van der Waals surface area contributed by atoms with Crippen LogP contribution in [-0.2, 0) is 17.9 Å². The molecule has 27 heavy (non-hydrogen) atoms. The number of benzene rings is 1. The van der Waals surface area contributed by atoms with Crippen molar-refractivity contribution in [3.05, 3.63) is 59.6 Å². The number of thiazole rings is 1. The number of amides is 1. The molecule has 7 nitrogen and oxygen atoms in total. The van der Waals surface area contributed by atoms with Crippen molar-refractivity contribution in [2.24, 2.45) is 0 Å². The van der Waals surface area contributed by atoms with Gasteiger partial charge >= 0.3 is 0 Å². The third-order valence-corrected chi connectivity index (χ3v) is 5.07. The molecule has 4 rings (SSSR count). The van der Waals surface area contributed by atoms with Crippen LogP contribution in [0.1, 0.15) is 17.9 Å². The van der Waals surface area contributed by atoms with E-state index in [1.54, 1.807) is 18.5 Å². The number of carbonyl (C=O) groups is 1. The molecule has 1 aromatic carbocycles. The summed E-state index contributed by atoms with van der Waals surface area (Å²) in [5.41, 5.74) is 2.81. The van der Waals surface area contributed by atoms with Gasteiger partial charge in [-0.3, -0.25) is 4.79 Å². The van der Waals surface area contributed by atoms with Crippen LogP contribution in [-0.4, -0.2) is 30.4 Å². The zero-order chi connectivity index (χ0) is 18.6. The van der Waals surface area contributed by atoms with E-state index < -0.39 is 0 Å². The standard InChI is InChI=1S/C19H18N6OS/c1-13-23-15-5-2-3-6-16(15)25(13)10-7-17(26)22-11-14-12-27-19(24-14)18-20-8-4-9-21-18/h2-6,8-9,12H,7,10-11H2,1H3,(H,22,26). The van der Waals surface area contributed by atoms with Crippen molar-refractivity contribution in [2.45, 2.75) is 26.4 Å². The van der Waals surface area contributed by atoms with E-state index in [1.807, 2.05) is 36.6 Å². The van der Waals surface area contributed by atoms with Crippen LogP contribution in [0.5, 0.6) is 0 Å². The number of nitrogens with zero attached hydrogens (tertiary/aromatic N) is 5. The van der Waals surface area contributed by atoms with Gasteiger partial charge in [-0.05, 0) is 25.1 Å². The minimum atomic E-state index is -0.0160. The number of aromatic nitrogens is 5. The fraction of sp³-hybridized carbons (Fsp3) is 0.211. The van der Waals surface area contributed by atoms with Crippen molar-refractivity contribution in [3.8, 4) is 10.8 Å². The number of fused-ring (bicyclic) bond motifs is 1. The molecule has 0 aliphatic rings. The summed E-state index contributed by atoms with van der Waals surface area (Å²) in [7, 11) is 0. The number of hydrogen-bond acceptors (Lipinski definition) is 6. The Hall–Kier alpha value is -3.13. The van der Waals surface area contributed by atoms with E-state index in [9.17, 15) is 4.79 Å². The Kier molecular flexibility index (Phi) is 4.88. The molecule has 3 heterocycles. The average Bonchev–Trinajstić information content (AvgIpc) is 3.29. The highest BCUT2D eigenvalue weighted by atomic mass is 32.1. The third kappa shape index (κ3) is 3.85. The molecule has 0 unspecified atom stereocenters. The van der Waals surface area contributed by atoms with Crippen LogP contribution < -0.4 is 5.32 Å². The highest BCUT2D eigenvalue weighted by Crippen LogP contribution is 2.19. The van der Waals surface area contributed by atoms with E-state index in [0.717, 1.165) is 27.6 Å². The largest absolute Gasteiger partial charge is 0.350 e. The fourth-order valence-electron chi connectivity index (χ4n) is 2.87. The van der Waals surface area contributed by atoms with Gasteiger partial charge in [0.25, 0.3) is 0 Å². The highest BCUT2D eigenvalue weighted by Gasteiger charge is 2.10. The summed E-state index contributed by atoms with van der Waals surface area (Å²) in [5, 5.41) is 5.59. The minimum Gasteiger partial charge on any atom is -0.350 e. The fourth-order valence-corrected chi connectivity index (χ4v) is 3.63. The molecule has 0 fully saturated rings. The van der Waals surface area contributed by atoms with E-state index in [0.29, 0.717) is 25.3 Å². The molecule has 0 aliphatic heterocycles. The SMILES string of the molecule is Cc1nc2ccccc2n1CCC(=O)NCc1csc(-c2ncccn2)n1. The van der Waals surface area contributed by atoms with Crippen molar-refractivity contribution in [2.75, 3.05) is 0 Å². The zero-order valence-electron chi connectivity index (χ0n) is 14.8. The number of nitrogens with one attached hydrogen (secondary N) is 1. The zero-order valence-corrected chi connectivity index (χ0v) is 15.6. The van der Waals surface area contributed by atoms with Crippen LogP contribution in [0.3, 0.4) is 0 Å². The van der Waals surface area contributed by atoms with Crippen LogP contribution >= 0.6 is 11.3 Å². The highest BCUT2D eigenvalue weighted by molar-refractivity contribution is 7.13. The molecule has 0 radical (unpaired) electrons. The van der Waals surface area contributed by atoms with E-state index in [2.05, 4.69) is 29.8 Å². The second kappa shape index (κ2) is 7.63. The lowest BCUT2D eigenvalue weighted by molar-refractivity contribution is -0.121. The molecule has 0 saturated heterocycles. The summed E-state index contributed by atoms with van der Waals surface area (Å²) >= 11 is 1.47. The predicted molar refractivity (Wildman–Crippen MR) is 104 cm³/mol. The first-order valence-electron chi connectivity index (χ1n) is 8.61. The van der Waals surface area contributed by atoms with Crippen LogP contribution in [0.4, 0.5) is 0 Å². The number of aryl methyl sites for hydroxylation is 2. The van der Waals surface area contributed by atoms with Gasteiger partial charge in [0.15, 0.2) is 10.8 Å². The van der Waals surface area contributed by atoms with E-state index in [4.69, 9.17) is 0 Å². The van der Waals surface area contributed by atoms with Crippen molar-refractivity contribution >= 4 is 28.3 Å². The number of carbonyl (C=O) groups excluding carboxylic acids is 1. The van der Waals surface area contributed by atoms with Gasteiger partial charge < -0.3 is 9.88 Å². The summed E-state index contributed by atoms with van der Waals surface area (Å²) in [6, 6.07) is 9.72. The summed E-state index contributed by atoms with van der Waals surface area (Å²) in [6.45, 7) is 2.95. The Balaban J connectivity index is 1.34. The van der Waals surface area contributed by atoms with E-state index >= 15 is 0 Å². The molecule has 4 aromatic rings. The first kappa shape index (κ1) is 17.3. The maximum atomic E-state index is 12.2. The van der Waals surface area contributed by atoms with Crippen molar-refractivity contribution in [3.63, 3.8) is 0 Å². The van der Waals surface area contributed by atoms with Gasteiger partial charge in [0.05, 0.1) is 23.3 Å². The van der Waals surface area contributed by atoms with Gasteiger partial charge in [-0.25, -0.2) is 19.9 Å². The molecule has 0 spiro atoms. The third-order valence-electron chi connectivity index (χ3n) is 4.18. The van der Waals surface area contributed by atoms with Crippen LogP contribution in [0.2, 0.25) is 0 Å². The Morgan fingerprint density at radius 3 is 2.81 bits per heavy atom. The molecule has 0 bridgehead atoms. The Morgan fingerprint density at radius 1 is 1.15 bits per heavy atom. The lowest BCUT2D eigenvalue weighted by atomic mass is 10.3. The molecule has 0 atom stereocenters. The number of hydrogen-bond donors (Lipinski definition) is 1. The molecule has 0 aliphatic carbocycles. The molecule has 3 aromatic heterocycles. The van der Waals surface area contributed by atoms with Gasteiger partial charge in [0.1, 0.15) is 5.82 Å². The minimum absolute atomic E-state index is 0.0160. The summed E-state index contributed by atoms with van der Waals surface area (Å²) < 4.78 is 2.07. The maximum absolute atomic E-state index is 12.2. The Bertz CT molecular complexity index is 1070. The monoisotopic (exact) mass is 378 g/mol.